The summed E-state index contributed by atoms with van der Waals surface area (Å²) in [4.78, 5) is 22.8. The maximum absolute atomic E-state index is 12.7. The molecule has 0 bridgehead atoms. The summed E-state index contributed by atoms with van der Waals surface area (Å²) in [5.41, 5.74) is 0.463. The minimum Gasteiger partial charge on any atom is -0.481 e. The van der Waals surface area contributed by atoms with Gasteiger partial charge in [-0.05, 0) is 79.3 Å². The summed E-state index contributed by atoms with van der Waals surface area (Å²) < 4.78 is 12.2. The van der Waals surface area contributed by atoms with E-state index in [4.69, 9.17) is 14.6 Å². The summed E-state index contributed by atoms with van der Waals surface area (Å²) in [7, 11) is 0. The number of benzene rings is 2. The first-order valence-corrected chi connectivity index (χ1v) is 13.1. The molecule has 1 N–H and O–H groups in total. The molecule has 190 valence electrons. The number of hydrogen-bond donors (Lipinski definition) is 1. The molecule has 36 heavy (non-hydrogen) atoms. The lowest BCUT2D eigenvalue weighted by Crippen LogP contribution is -2.14. The van der Waals surface area contributed by atoms with Crippen molar-refractivity contribution in [3.63, 3.8) is 0 Å². The topological polar surface area (TPSA) is 96.6 Å². The van der Waals surface area contributed by atoms with Crippen molar-refractivity contribution in [1.82, 2.24) is 0 Å². The third kappa shape index (κ3) is 6.98. The average Bonchev–Trinajstić information content (AvgIpc) is 3.63. The van der Waals surface area contributed by atoms with Crippen LogP contribution in [-0.4, -0.2) is 17.0 Å². The number of allylic oxidation sites excluding steroid dienone is 1. The zero-order valence-corrected chi connectivity index (χ0v) is 23.7. The fraction of sp³-hybridized carbons (Fsp3) is 0.393. The number of carboxylic acids is 1. The molecule has 8 heteroatoms. The molecule has 0 radical (unpaired) electrons. The molecule has 0 spiro atoms. The van der Waals surface area contributed by atoms with E-state index in [9.17, 15) is 14.9 Å². The number of halogens is 2. The Morgan fingerprint density at radius 1 is 1.08 bits per heavy atom. The van der Waals surface area contributed by atoms with Gasteiger partial charge in [0.05, 0.1) is 15.2 Å². The number of rotatable bonds is 7. The third-order valence-electron chi connectivity index (χ3n) is 6.77. The van der Waals surface area contributed by atoms with Crippen LogP contribution >= 0.6 is 31.9 Å². The van der Waals surface area contributed by atoms with E-state index in [-0.39, 0.29) is 34.6 Å². The van der Waals surface area contributed by atoms with Gasteiger partial charge >= 0.3 is 11.9 Å². The molecular weight excluding hydrogens is 590 g/mol. The van der Waals surface area contributed by atoms with E-state index >= 15 is 0 Å². The van der Waals surface area contributed by atoms with Gasteiger partial charge in [0.25, 0.3) is 0 Å². The van der Waals surface area contributed by atoms with Crippen molar-refractivity contribution in [3.8, 4) is 17.6 Å². The highest BCUT2D eigenvalue weighted by Gasteiger charge is 2.61. The molecule has 2 saturated carbocycles. The molecule has 0 amide bonds. The van der Waals surface area contributed by atoms with E-state index < -0.39 is 12.1 Å². The van der Waals surface area contributed by atoms with Gasteiger partial charge in [-0.1, -0.05) is 64.1 Å². The molecule has 2 aliphatic carbocycles. The molecule has 0 aliphatic heterocycles. The lowest BCUT2D eigenvalue weighted by Gasteiger charge is -2.13. The monoisotopic (exact) mass is 617 g/mol. The molecule has 2 fully saturated rings. The van der Waals surface area contributed by atoms with Gasteiger partial charge in [0.2, 0.25) is 6.10 Å². The molecule has 4 atom stereocenters. The quantitative estimate of drug-likeness (QED) is 0.321. The van der Waals surface area contributed by atoms with Crippen LogP contribution in [0, 0.1) is 39.9 Å². The highest BCUT2D eigenvalue weighted by molar-refractivity contribution is 9.28. The number of carbonyl (C=O) groups excluding carboxylic acids is 1. The first-order valence-electron chi connectivity index (χ1n) is 11.6. The van der Waals surface area contributed by atoms with Gasteiger partial charge in [-0.3, -0.25) is 9.59 Å². The van der Waals surface area contributed by atoms with Crippen molar-refractivity contribution in [2.24, 2.45) is 28.6 Å². The summed E-state index contributed by atoms with van der Waals surface area (Å²) in [5.74, 6) is -0.0281. The Kier molecular flexibility index (Phi) is 8.68. The van der Waals surface area contributed by atoms with E-state index in [0.717, 1.165) is 9.81 Å². The number of carboxylic acid groups (broad SMARTS) is 1. The van der Waals surface area contributed by atoms with Crippen LogP contribution in [0.15, 0.2) is 64.1 Å². The molecule has 1 unspecified atom stereocenters. The maximum Gasteiger partial charge on any atom is 0.311 e. The second-order valence-corrected chi connectivity index (χ2v) is 13.1. The van der Waals surface area contributed by atoms with Crippen molar-refractivity contribution in [2.75, 3.05) is 0 Å². The Balaban J connectivity index is 0.000000383. The van der Waals surface area contributed by atoms with E-state index in [2.05, 4.69) is 37.9 Å². The second kappa shape index (κ2) is 11.2. The Morgan fingerprint density at radius 3 is 2.19 bits per heavy atom. The van der Waals surface area contributed by atoms with Crippen molar-refractivity contribution in [2.45, 2.75) is 40.2 Å². The van der Waals surface area contributed by atoms with E-state index in [1.807, 2.05) is 64.1 Å². The fourth-order valence-electron chi connectivity index (χ4n) is 4.19. The Hall–Kier alpha value is -2.63. The highest BCUT2D eigenvalue weighted by Crippen LogP contribution is 2.60. The number of carbonyl (C=O) groups is 2. The average molecular weight is 619 g/mol. The van der Waals surface area contributed by atoms with Gasteiger partial charge in [0, 0.05) is 5.56 Å². The van der Waals surface area contributed by atoms with Crippen molar-refractivity contribution in [1.29, 1.82) is 5.26 Å². The highest BCUT2D eigenvalue weighted by atomic mass is 79.9. The first-order chi connectivity index (χ1) is 16.9. The summed E-state index contributed by atoms with van der Waals surface area (Å²) in [6.07, 6.45) is 1.81. The number of nitriles is 1. The minimum atomic E-state index is -0.986. The van der Waals surface area contributed by atoms with Crippen molar-refractivity contribution in [3.05, 3.63) is 69.6 Å². The molecular formula is C28H29Br2NO5. The van der Waals surface area contributed by atoms with Gasteiger partial charge < -0.3 is 14.6 Å². The summed E-state index contributed by atoms with van der Waals surface area (Å²) in [5, 5.41) is 17.9. The standard InChI is InChI=1S/C22H19Br2NO3.C6H10O2/c1-22(2)17(12-19(23)24)20(22)21(26)28-18(13-25)14-7-6-10-16(11-14)27-15-8-4-3-5-9-15;1-6(2)3-4(6)5(7)8/h3-12,17-18,20H,1-2H3;4H,3H2,1-2H3,(H,7,8)/t17-,18+,20-;/m0./s1. The number of aliphatic carboxylic acids is 1. The molecule has 0 aromatic heterocycles. The number of ether oxygens (including phenoxy) is 2. The van der Waals surface area contributed by atoms with E-state index in [0.29, 0.717) is 17.1 Å². The van der Waals surface area contributed by atoms with E-state index in [1.54, 1.807) is 24.3 Å². The van der Waals surface area contributed by atoms with Crippen LogP contribution in [0.4, 0.5) is 0 Å². The van der Waals surface area contributed by atoms with Gasteiger partial charge in [0.1, 0.15) is 17.6 Å². The molecule has 6 nitrogen and oxygen atoms in total. The zero-order chi connectivity index (χ0) is 26.7. The van der Waals surface area contributed by atoms with Crippen LogP contribution in [0.3, 0.4) is 0 Å². The van der Waals surface area contributed by atoms with Crippen LogP contribution in [0.2, 0.25) is 0 Å². The van der Waals surface area contributed by atoms with Crippen LogP contribution in [0.25, 0.3) is 0 Å². The number of hydrogen-bond acceptors (Lipinski definition) is 5. The van der Waals surface area contributed by atoms with Crippen LogP contribution < -0.4 is 4.74 Å². The lowest BCUT2D eigenvalue weighted by atomic mass is 10.1. The first kappa shape index (κ1) is 27.9. The Labute approximate surface area is 228 Å². The smallest absolute Gasteiger partial charge is 0.311 e. The van der Waals surface area contributed by atoms with Gasteiger partial charge in [-0.2, -0.15) is 5.26 Å². The lowest BCUT2D eigenvalue weighted by molar-refractivity contribution is -0.149. The molecule has 2 aliphatic rings. The number of nitrogens with zero attached hydrogens (tertiary/aromatic N) is 1. The largest absolute Gasteiger partial charge is 0.481 e. The third-order valence-corrected chi connectivity index (χ3v) is 7.30. The summed E-state index contributed by atoms with van der Waals surface area (Å²) in [6, 6.07) is 18.5. The number of esters is 1. The summed E-state index contributed by atoms with van der Waals surface area (Å²) in [6.45, 7) is 7.98. The van der Waals surface area contributed by atoms with Crippen molar-refractivity contribution < 1.29 is 24.2 Å². The van der Waals surface area contributed by atoms with E-state index in [1.165, 1.54) is 0 Å². The van der Waals surface area contributed by atoms with Crippen LogP contribution in [0.1, 0.15) is 45.8 Å². The van der Waals surface area contributed by atoms with Crippen molar-refractivity contribution >= 4 is 43.8 Å². The SMILES string of the molecule is CC1(C)CC1C(=O)O.CC1(C)[C@H](C(=O)O[C@H](C#N)c2cccc(Oc3ccccc3)c2)[C@@H]1C=C(Br)Br. The Bertz CT molecular complexity index is 1180. The zero-order valence-electron chi connectivity index (χ0n) is 20.6. The van der Waals surface area contributed by atoms with Gasteiger partial charge in [-0.15, -0.1) is 0 Å². The fourth-order valence-corrected chi connectivity index (χ4v) is 4.76. The normalized spacial score (nSPS) is 23.0. The Morgan fingerprint density at radius 2 is 1.69 bits per heavy atom. The summed E-state index contributed by atoms with van der Waals surface area (Å²) >= 11 is 6.68. The van der Waals surface area contributed by atoms with Crippen LogP contribution in [-0.2, 0) is 14.3 Å². The molecule has 4 rings (SSSR count). The molecule has 2 aromatic carbocycles. The van der Waals surface area contributed by atoms with Gasteiger partial charge in [-0.25, -0.2) is 0 Å². The van der Waals surface area contributed by atoms with Gasteiger partial charge in [0.15, 0.2) is 0 Å². The second-order valence-electron chi connectivity index (χ2n) is 10.3. The number of para-hydroxylation sites is 1. The molecule has 0 heterocycles. The molecule has 2 aromatic rings. The predicted octanol–water partition coefficient (Wildman–Crippen LogP) is 7.61. The minimum absolute atomic E-state index is 0.0563. The maximum atomic E-state index is 12.7. The predicted molar refractivity (Wildman–Crippen MR) is 144 cm³/mol. The molecule has 0 saturated heterocycles. The van der Waals surface area contributed by atoms with Crippen LogP contribution in [0.5, 0.6) is 11.5 Å².